The molecule has 7 heteroatoms. The molecule has 112 valence electrons. The van der Waals surface area contributed by atoms with Crippen molar-refractivity contribution in [2.45, 2.75) is 25.4 Å². The molecule has 0 aromatic carbocycles. The Labute approximate surface area is 131 Å². The average molecular weight is 326 g/mol. The molecule has 0 radical (unpaired) electrons. The fourth-order valence-corrected chi connectivity index (χ4v) is 4.06. The van der Waals surface area contributed by atoms with Gasteiger partial charge in [0.05, 0.1) is 17.3 Å². The van der Waals surface area contributed by atoms with Gasteiger partial charge in [-0.25, -0.2) is 0 Å². The van der Waals surface area contributed by atoms with Gasteiger partial charge in [0.1, 0.15) is 5.69 Å². The van der Waals surface area contributed by atoms with Crippen LogP contribution in [0.3, 0.4) is 0 Å². The van der Waals surface area contributed by atoms with Crippen LogP contribution in [0.15, 0.2) is 17.6 Å². The van der Waals surface area contributed by atoms with Gasteiger partial charge in [0.2, 0.25) is 0 Å². The minimum atomic E-state index is -0.554. The maximum atomic E-state index is 12.3. The number of carbonyl (C=O) groups excluding carboxylic acids is 1. The predicted molar refractivity (Wildman–Crippen MR) is 81.9 cm³/mol. The summed E-state index contributed by atoms with van der Waals surface area (Å²) in [6, 6.07) is 2.06. The Morgan fingerprint density at radius 2 is 2.43 bits per heavy atom. The zero-order valence-corrected chi connectivity index (χ0v) is 13.1. The molecule has 0 unspecified atom stereocenters. The SMILES string of the molecule is Cc1ccsc1[C@@H]1CCN(C(=O)c2[nH]ncc2Cl)C[C@H]1O. The van der Waals surface area contributed by atoms with Crippen molar-refractivity contribution < 1.29 is 9.90 Å². The van der Waals surface area contributed by atoms with Crippen LogP contribution in [0.1, 0.15) is 33.3 Å². The number of hydrogen-bond donors (Lipinski definition) is 2. The number of likely N-dealkylation sites (tertiary alicyclic amines) is 1. The molecule has 0 spiro atoms. The van der Waals surface area contributed by atoms with E-state index in [1.165, 1.54) is 16.6 Å². The lowest BCUT2D eigenvalue weighted by molar-refractivity contribution is 0.0382. The third-order valence-corrected chi connectivity index (χ3v) is 5.35. The van der Waals surface area contributed by atoms with Crippen LogP contribution in [-0.2, 0) is 0 Å². The zero-order valence-electron chi connectivity index (χ0n) is 11.5. The van der Waals surface area contributed by atoms with Gasteiger partial charge in [0.15, 0.2) is 0 Å². The van der Waals surface area contributed by atoms with Crippen LogP contribution in [-0.4, -0.2) is 45.3 Å². The first-order valence-corrected chi connectivity index (χ1v) is 8.04. The molecule has 2 atom stereocenters. The molecule has 1 amide bonds. The van der Waals surface area contributed by atoms with Crippen LogP contribution in [0.25, 0.3) is 0 Å². The Balaban J connectivity index is 1.73. The maximum Gasteiger partial charge on any atom is 0.273 e. The number of hydrogen-bond acceptors (Lipinski definition) is 4. The summed E-state index contributed by atoms with van der Waals surface area (Å²) in [4.78, 5) is 15.2. The summed E-state index contributed by atoms with van der Waals surface area (Å²) < 4.78 is 0. The van der Waals surface area contributed by atoms with Crippen LogP contribution in [0.2, 0.25) is 5.02 Å². The van der Waals surface area contributed by atoms with E-state index in [1.807, 2.05) is 5.38 Å². The van der Waals surface area contributed by atoms with Gasteiger partial charge >= 0.3 is 0 Å². The minimum absolute atomic E-state index is 0.103. The number of aromatic amines is 1. The molecule has 5 nitrogen and oxygen atoms in total. The smallest absolute Gasteiger partial charge is 0.273 e. The fraction of sp³-hybridized carbons (Fsp3) is 0.429. The van der Waals surface area contributed by atoms with Gasteiger partial charge in [0.25, 0.3) is 5.91 Å². The predicted octanol–water partition coefficient (Wildman–Crippen LogP) is 2.42. The Kier molecular flexibility index (Phi) is 4.01. The number of rotatable bonds is 2. The molecule has 0 saturated carbocycles. The molecule has 1 aliphatic rings. The Morgan fingerprint density at radius 3 is 3.00 bits per heavy atom. The van der Waals surface area contributed by atoms with Gasteiger partial charge in [-0.05, 0) is 30.4 Å². The van der Waals surface area contributed by atoms with E-state index < -0.39 is 6.10 Å². The average Bonchev–Trinajstić information content (AvgIpc) is 3.07. The van der Waals surface area contributed by atoms with Gasteiger partial charge in [0, 0.05) is 23.9 Å². The number of H-pyrrole nitrogens is 1. The largest absolute Gasteiger partial charge is 0.391 e. The van der Waals surface area contributed by atoms with Crippen molar-refractivity contribution in [3.05, 3.63) is 38.8 Å². The summed E-state index contributed by atoms with van der Waals surface area (Å²) in [5, 5.41) is 19.1. The number of aliphatic hydroxyl groups is 1. The highest BCUT2D eigenvalue weighted by molar-refractivity contribution is 7.10. The third-order valence-electron chi connectivity index (χ3n) is 3.91. The van der Waals surface area contributed by atoms with E-state index in [0.29, 0.717) is 18.1 Å². The summed E-state index contributed by atoms with van der Waals surface area (Å²) in [6.45, 7) is 2.98. The Morgan fingerprint density at radius 1 is 1.62 bits per heavy atom. The van der Waals surface area contributed by atoms with Crippen molar-refractivity contribution in [2.24, 2.45) is 0 Å². The molecular weight excluding hydrogens is 310 g/mol. The molecule has 1 fully saturated rings. The van der Waals surface area contributed by atoms with Crippen LogP contribution < -0.4 is 0 Å². The summed E-state index contributed by atoms with van der Waals surface area (Å²) in [5.41, 5.74) is 1.50. The van der Waals surface area contributed by atoms with Gasteiger partial charge in [-0.3, -0.25) is 9.89 Å². The maximum absolute atomic E-state index is 12.3. The molecule has 21 heavy (non-hydrogen) atoms. The van der Waals surface area contributed by atoms with Crippen molar-refractivity contribution in [3.63, 3.8) is 0 Å². The normalized spacial score (nSPS) is 22.5. The highest BCUT2D eigenvalue weighted by Gasteiger charge is 2.33. The molecule has 2 N–H and O–H groups in total. The summed E-state index contributed by atoms with van der Waals surface area (Å²) >= 11 is 7.59. The first-order chi connectivity index (χ1) is 10.1. The van der Waals surface area contributed by atoms with Crippen LogP contribution >= 0.6 is 22.9 Å². The Bertz CT molecular complexity index is 654. The number of thiophene rings is 1. The van der Waals surface area contributed by atoms with E-state index >= 15 is 0 Å². The highest BCUT2D eigenvalue weighted by Crippen LogP contribution is 2.34. The van der Waals surface area contributed by atoms with Gasteiger partial charge in [-0.15, -0.1) is 11.3 Å². The van der Waals surface area contributed by atoms with E-state index in [9.17, 15) is 9.90 Å². The first kappa shape index (κ1) is 14.6. The monoisotopic (exact) mass is 325 g/mol. The number of piperidine rings is 1. The van der Waals surface area contributed by atoms with E-state index in [0.717, 1.165) is 6.42 Å². The number of aromatic nitrogens is 2. The fourth-order valence-electron chi connectivity index (χ4n) is 2.77. The van der Waals surface area contributed by atoms with Crippen molar-refractivity contribution in [2.75, 3.05) is 13.1 Å². The summed E-state index contributed by atoms with van der Waals surface area (Å²) in [7, 11) is 0. The number of aliphatic hydroxyl groups excluding tert-OH is 1. The Hall–Kier alpha value is -1.37. The second-order valence-corrected chi connectivity index (χ2v) is 6.63. The van der Waals surface area contributed by atoms with Gasteiger partial charge < -0.3 is 10.0 Å². The van der Waals surface area contributed by atoms with Crippen molar-refractivity contribution in [1.82, 2.24) is 15.1 Å². The minimum Gasteiger partial charge on any atom is -0.391 e. The van der Waals surface area contributed by atoms with Crippen LogP contribution in [0.5, 0.6) is 0 Å². The summed E-state index contributed by atoms with van der Waals surface area (Å²) in [5.74, 6) is -0.107. The topological polar surface area (TPSA) is 69.2 Å². The summed E-state index contributed by atoms with van der Waals surface area (Å²) in [6.07, 6.45) is 1.61. The van der Waals surface area contributed by atoms with E-state index in [-0.39, 0.29) is 17.5 Å². The van der Waals surface area contributed by atoms with E-state index in [1.54, 1.807) is 16.2 Å². The van der Waals surface area contributed by atoms with Crippen LogP contribution in [0, 0.1) is 6.92 Å². The number of β-amino-alcohol motifs (C(OH)–C–C–N with tert-alkyl or cyclic N) is 1. The molecule has 2 aromatic rings. The van der Waals surface area contributed by atoms with E-state index in [2.05, 4.69) is 23.2 Å². The molecule has 3 heterocycles. The molecule has 3 rings (SSSR count). The second-order valence-electron chi connectivity index (χ2n) is 5.27. The molecule has 0 aliphatic carbocycles. The molecular formula is C14H16ClN3O2S. The standard InChI is InChI=1S/C14H16ClN3O2S/c1-8-3-5-21-13(8)9-2-4-18(7-11(9)19)14(20)12-10(15)6-16-17-12/h3,5-6,9,11,19H,2,4,7H2,1H3,(H,16,17)/t9-,11-/m1/s1. The lowest BCUT2D eigenvalue weighted by Crippen LogP contribution is -2.45. The molecule has 1 aliphatic heterocycles. The zero-order chi connectivity index (χ0) is 15.0. The number of nitrogens with zero attached hydrogens (tertiary/aromatic N) is 2. The quantitative estimate of drug-likeness (QED) is 0.891. The molecule has 1 saturated heterocycles. The van der Waals surface area contributed by atoms with Crippen molar-refractivity contribution >= 4 is 28.8 Å². The second kappa shape index (κ2) is 5.79. The molecule has 0 bridgehead atoms. The number of aryl methyl sites for hydroxylation is 1. The van der Waals surface area contributed by atoms with Crippen molar-refractivity contribution in [3.8, 4) is 0 Å². The van der Waals surface area contributed by atoms with Gasteiger partial charge in [-0.2, -0.15) is 5.10 Å². The third kappa shape index (κ3) is 2.71. The van der Waals surface area contributed by atoms with Crippen LogP contribution in [0.4, 0.5) is 0 Å². The first-order valence-electron chi connectivity index (χ1n) is 6.78. The van der Waals surface area contributed by atoms with Gasteiger partial charge in [-0.1, -0.05) is 11.6 Å². The van der Waals surface area contributed by atoms with E-state index in [4.69, 9.17) is 11.6 Å². The number of halogens is 1. The highest BCUT2D eigenvalue weighted by atomic mass is 35.5. The number of carbonyl (C=O) groups is 1. The number of nitrogens with one attached hydrogen (secondary N) is 1. The lowest BCUT2D eigenvalue weighted by Gasteiger charge is -2.35. The lowest BCUT2D eigenvalue weighted by atomic mass is 9.90. The number of amides is 1. The van der Waals surface area contributed by atoms with Crippen molar-refractivity contribution in [1.29, 1.82) is 0 Å². The molecule has 2 aromatic heterocycles.